The van der Waals surface area contributed by atoms with E-state index in [0.717, 1.165) is 36.8 Å². The number of carbonyl (C=O) groups excluding carboxylic acids is 4. The van der Waals surface area contributed by atoms with E-state index in [4.69, 9.17) is 33.6 Å². The first kappa shape index (κ1) is 41.4. The third kappa shape index (κ3) is 8.50. The standard InChI is InChI=1S/C44H55N3O12/c1-42(2,3)56-34(50)15-14-32(25-49)46-39(51)29-9-5-7-27(21-29)23-45-41(53)43-22-33-35-36(58-44(57-35,30-10-11-30)31-12-13-31)38(43)59-47(37(43)40(52)55-33)24-28-8-4-6-26(20-28)16-18-54-19-17-48/h4-9,16,18,20-21,30-33,35-38,48-49H,10-15,17,19,22-25H2,1-3H3,(H,45,53)(H,46,51)/t32-,33+,35-,36-,37-,38+,43-/m0/s1. The zero-order valence-electron chi connectivity index (χ0n) is 33.8. The highest BCUT2D eigenvalue weighted by Crippen LogP contribution is 2.63. The summed E-state index contributed by atoms with van der Waals surface area (Å²) in [5.41, 5.74) is 0.600. The third-order valence-electron chi connectivity index (χ3n) is 12.1. The van der Waals surface area contributed by atoms with Crippen molar-refractivity contribution in [3.8, 4) is 0 Å². The van der Waals surface area contributed by atoms with Gasteiger partial charge in [0, 0.05) is 36.8 Å². The van der Waals surface area contributed by atoms with E-state index < -0.39 is 71.1 Å². The van der Waals surface area contributed by atoms with Gasteiger partial charge in [-0.2, -0.15) is 5.06 Å². The Morgan fingerprint density at radius 3 is 2.44 bits per heavy atom. The van der Waals surface area contributed by atoms with E-state index in [2.05, 4.69) is 10.6 Å². The van der Waals surface area contributed by atoms with Crippen LogP contribution in [-0.4, -0.2) is 107 Å². The summed E-state index contributed by atoms with van der Waals surface area (Å²) < 4.78 is 30.6. The zero-order chi connectivity index (χ0) is 41.5. The summed E-state index contributed by atoms with van der Waals surface area (Å²) in [5, 5.41) is 26.4. The van der Waals surface area contributed by atoms with Gasteiger partial charge in [0.05, 0.1) is 32.1 Å². The smallest absolute Gasteiger partial charge is 0.327 e. The predicted octanol–water partition coefficient (Wildman–Crippen LogP) is 3.30. The first-order valence-electron chi connectivity index (χ1n) is 20.8. The number of esters is 2. The van der Waals surface area contributed by atoms with Crippen LogP contribution in [0.25, 0.3) is 6.08 Å². The number of amides is 2. The van der Waals surface area contributed by atoms with Crippen molar-refractivity contribution < 1.29 is 57.9 Å². The molecule has 3 saturated carbocycles. The second kappa shape index (κ2) is 16.6. The lowest BCUT2D eigenvalue weighted by molar-refractivity contribution is -0.235. The van der Waals surface area contributed by atoms with Gasteiger partial charge in [-0.3, -0.25) is 24.0 Å². The van der Waals surface area contributed by atoms with Gasteiger partial charge in [0.25, 0.3) is 5.91 Å². The fraction of sp³-hybridized carbons (Fsp3) is 0.591. The number of hydrogen-bond donors (Lipinski definition) is 4. The van der Waals surface area contributed by atoms with Crippen molar-refractivity contribution in [2.45, 2.75) is 127 Å². The third-order valence-corrected chi connectivity index (χ3v) is 12.1. The Hall–Kier alpha value is -4.38. The normalized spacial score (nSPS) is 28.8. The fourth-order valence-electron chi connectivity index (χ4n) is 9.22. The minimum Gasteiger partial charge on any atom is -0.499 e. The summed E-state index contributed by atoms with van der Waals surface area (Å²) >= 11 is 0. The summed E-state index contributed by atoms with van der Waals surface area (Å²) in [7, 11) is 0. The van der Waals surface area contributed by atoms with Crippen LogP contribution in [0, 0.1) is 17.3 Å². The van der Waals surface area contributed by atoms with Gasteiger partial charge in [-0.15, -0.1) is 0 Å². The van der Waals surface area contributed by atoms with Gasteiger partial charge in [0.1, 0.15) is 42.0 Å². The van der Waals surface area contributed by atoms with Crippen LogP contribution in [0.3, 0.4) is 0 Å². The summed E-state index contributed by atoms with van der Waals surface area (Å²) in [6.07, 6.45) is 4.89. The molecule has 0 unspecified atom stereocenters. The molecule has 0 spiro atoms. The summed E-state index contributed by atoms with van der Waals surface area (Å²) in [6, 6.07) is 12.7. The Morgan fingerprint density at radius 1 is 1.00 bits per heavy atom. The molecule has 318 valence electrons. The van der Waals surface area contributed by atoms with Crippen molar-refractivity contribution in [3.05, 3.63) is 77.0 Å². The molecular weight excluding hydrogens is 762 g/mol. The van der Waals surface area contributed by atoms with Gasteiger partial charge in [0.15, 0.2) is 11.8 Å². The molecule has 0 aromatic heterocycles. The molecule has 2 amide bonds. The molecule has 3 heterocycles. The van der Waals surface area contributed by atoms with E-state index in [-0.39, 0.29) is 69.9 Å². The second-order valence-corrected chi connectivity index (χ2v) is 17.7. The van der Waals surface area contributed by atoms with E-state index in [0.29, 0.717) is 11.1 Å². The maximum absolute atomic E-state index is 14.9. The van der Waals surface area contributed by atoms with Crippen LogP contribution in [0.1, 0.15) is 92.8 Å². The average molecular weight is 818 g/mol. The van der Waals surface area contributed by atoms with Crippen molar-refractivity contribution in [1.82, 2.24) is 15.7 Å². The molecule has 3 aliphatic carbocycles. The minimum absolute atomic E-state index is 0.0281. The lowest BCUT2D eigenvalue weighted by atomic mass is 9.62. The largest absolute Gasteiger partial charge is 0.499 e. The molecule has 15 nitrogen and oxygen atoms in total. The molecule has 0 radical (unpaired) electrons. The van der Waals surface area contributed by atoms with Crippen LogP contribution < -0.4 is 10.6 Å². The number of aliphatic hydroxyl groups is 2. The van der Waals surface area contributed by atoms with Gasteiger partial charge in [-0.25, -0.2) is 0 Å². The number of fused-ring (bicyclic) bond motifs is 4. The Morgan fingerprint density at radius 2 is 1.73 bits per heavy atom. The highest BCUT2D eigenvalue weighted by molar-refractivity contribution is 5.95. The molecule has 6 fully saturated rings. The van der Waals surface area contributed by atoms with Crippen LogP contribution in [0.15, 0.2) is 54.8 Å². The van der Waals surface area contributed by atoms with Gasteiger partial charge in [-0.05, 0) is 87.8 Å². The number of rotatable bonds is 17. The van der Waals surface area contributed by atoms with Gasteiger partial charge >= 0.3 is 11.9 Å². The number of hydrogen-bond acceptors (Lipinski definition) is 13. The van der Waals surface area contributed by atoms with Crippen molar-refractivity contribution in [1.29, 1.82) is 0 Å². The SMILES string of the molecule is CC(C)(C)OC(=O)CC[C@@H](CO)NC(=O)c1cccc(CNC(=O)[C@@]23C[C@H]4OC(=O)[C@@H]2N(Cc2cccc(C=COCCO)c2)O[C@@H]3[C@H]2OC(C3CC3)(C3CC3)O[C@H]24)c1. The molecule has 7 atom stereocenters. The second-order valence-electron chi connectivity index (χ2n) is 17.7. The fourth-order valence-corrected chi connectivity index (χ4v) is 9.22. The van der Waals surface area contributed by atoms with Crippen LogP contribution in [0.5, 0.6) is 0 Å². The number of nitrogens with one attached hydrogen (secondary N) is 2. The number of carbonyl (C=O) groups is 4. The molecule has 8 rings (SSSR count). The lowest BCUT2D eigenvalue weighted by Crippen LogP contribution is -2.69. The molecule has 2 bridgehead atoms. The van der Waals surface area contributed by atoms with Crippen LogP contribution in [0.4, 0.5) is 0 Å². The quantitative estimate of drug-likeness (QED) is 0.103. The molecule has 15 heteroatoms. The Balaban J connectivity index is 1.01. The van der Waals surface area contributed by atoms with Crippen molar-refractivity contribution >= 4 is 29.8 Å². The maximum atomic E-state index is 14.9. The average Bonchev–Trinajstić information content (AvgIpc) is 4.16. The van der Waals surface area contributed by atoms with E-state index >= 15 is 0 Å². The summed E-state index contributed by atoms with van der Waals surface area (Å²) in [4.78, 5) is 61.4. The molecule has 2 aromatic carbocycles. The van der Waals surface area contributed by atoms with E-state index in [9.17, 15) is 24.3 Å². The first-order chi connectivity index (χ1) is 28.3. The summed E-state index contributed by atoms with van der Waals surface area (Å²) in [6.45, 7) is 5.26. The molecule has 59 heavy (non-hydrogen) atoms. The molecule has 6 aliphatic rings. The van der Waals surface area contributed by atoms with Crippen LogP contribution in [-0.2, 0) is 56.0 Å². The Kier molecular flexibility index (Phi) is 11.6. The maximum Gasteiger partial charge on any atom is 0.327 e. The van der Waals surface area contributed by atoms with Crippen molar-refractivity contribution in [3.63, 3.8) is 0 Å². The monoisotopic (exact) mass is 817 g/mol. The zero-order valence-corrected chi connectivity index (χ0v) is 33.8. The van der Waals surface area contributed by atoms with Crippen molar-refractivity contribution in [2.75, 3.05) is 19.8 Å². The van der Waals surface area contributed by atoms with Gasteiger partial charge in [0.2, 0.25) is 5.91 Å². The Labute approximate surface area is 343 Å². The molecule has 3 aliphatic heterocycles. The van der Waals surface area contributed by atoms with Gasteiger partial charge < -0.3 is 44.5 Å². The number of nitrogens with zero attached hydrogens (tertiary/aromatic N) is 1. The molecular formula is C44H55N3O12. The minimum atomic E-state index is -1.37. The number of aliphatic hydroxyl groups excluding tert-OH is 2. The van der Waals surface area contributed by atoms with Gasteiger partial charge in [-0.1, -0.05) is 36.4 Å². The highest BCUT2D eigenvalue weighted by Gasteiger charge is 2.78. The molecule has 2 aromatic rings. The number of hydroxylamine groups is 2. The van der Waals surface area contributed by atoms with Crippen LogP contribution >= 0.6 is 0 Å². The number of benzene rings is 2. The molecule has 3 saturated heterocycles. The first-order valence-corrected chi connectivity index (χ1v) is 20.8. The highest BCUT2D eigenvalue weighted by atomic mass is 16.8. The van der Waals surface area contributed by atoms with E-state index in [1.807, 2.05) is 24.3 Å². The predicted molar refractivity (Wildman–Crippen MR) is 209 cm³/mol. The Bertz CT molecular complexity index is 1930. The summed E-state index contributed by atoms with van der Waals surface area (Å²) in [5.74, 6) is -2.10. The van der Waals surface area contributed by atoms with Crippen LogP contribution in [0.2, 0.25) is 0 Å². The lowest BCUT2D eigenvalue weighted by Gasteiger charge is -2.48. The van der Waals surface area contributed by atoms with Crippen molar-refractivity contribution in [2.24, 2.45) is 17.3 Å². The van der Waals surface area contributed by atoms with E-state index in [1.54, 1.807) is 56.2 Å². The number of ether oxygens (including phenoxy) is 5. The molecule has 4 N–H and O–H groups in total. The van der Waals surface area contributed by atoms with E-state index in [1.165, 1.54) is 6.26 Å². The topological polar surface area (TPSA) is 191 Å².